The van der Waals surface area contributed by atoms with Crippen molar-refractivity contribution in [1.82, 2.24) is 10.2 Å². The summed E-state index contributed by atoms with van der Waals surface area (Å²) in [7, 11) is -2.42. The Hall–Kier alpha value is -3.27. The quantitative estimate of drug-likeness (QED) is 0.279. The number of ether oxygens (including phenoxy) is 1. The van der Waals surface area contributed by atoms with Crippen molar-refractivity contribution in [3.05, 3.63) is 94.0 Å². The average Bonchev–Trinajstić information content (AvgIpc) is 2.95. The first-order valence-corrected chi connectivity index (χ1v) is 15.7. The van der Waals surface area contributed by atoms with E-state index in [0.29, 0.717) is 27.8 Å². The summed E-state index contributed by atoms with van der Waals surface area (Å²) >= 11 is 12.4. The molecule has 0 saturated carbocycles. The Labute approximate surface area is 252 Å². The number of amides is 2. The van der Waals surface area contributed by atoms with Crippen molar-refractivity contribution in [3.63, 3.8) is 0 Å². The summed E-state index contributed by atoms with van der Waals surface area (Å²) in [4.78, 5) is 29.2. The summed E-state index contributed by atoms with van der Waals surface area (Å²) in [5, 5.41) is 3.65. The van der Waals surface area contributed by atoms with E-state index in [2.05, 4.69) is 5.32 Å². The maximum Gasteiger partial charge on any atom is 0.244 e. The number of hydrogen-bond acceptors (Lipinski definition) is 5. The molecule has 0 saturated heterocycles. The molecule has 0 aliphatic rings. The second-order valence-electron chi connectivity index (χ2n) is 9.76. The zero-order valence-electron chi connectivity index (χ0n) is 23.5. The molecule has 0 fully saturated rings. The van der Waals surface area contributed by atoms with Crippen molar-refractivity contribution in [1.29, 1.82) is 0 Å². The van der Waals surface area contributed by atoms with Crippen LogP contribution in [0, 0.1) is 0 Å². The third-order valence-electron chi connectivity index (χ3n) is 6.63. The van der Waals surface area contributed by atoms with E-state index in [1.165, 1.54) is 18.1 Å². The molecule has 3 rings (SSSR count). The zero-order chi connectivity index (χ0) is 30.2. The number of nitrogens with zero attached hydrogens (tertiary/aromatic N) is 2. The number of benzene rings is 3. The van der Waals surface area contributed by atoms with Crippen molar-refractivity contribution in [2.24, 2.45) is 0 Å². The van der Waals surface area contributed by atoms with Crippen LogP contribution in [-0.4, -0.2) is 57.1 Å². The Morgan fingerprint density at radius 2 is 1.66 bits per heavy atom. The number of nitrogens with one attached hydrogen (secondary N) is 1. The molecule has 0 aromatic heterocycles. The highest BCUT2D eigenvalue weighted by molar-refractivity contribution is 7.92. The number of anilines is 1. The van der Waals surface area contributed by atoms with Crippen LogP contribution in [-0.2, 0) is 32.6 Å². The first kappa shape index (κ1) is 32.2. The highest BCUT2D eigenvalue weighted by Crippen LogP contribution is 2.26. The van der Waals surface area contributed by atoms with E-state index in [-0.39, 0.29) is 30.6 Å². The number of carbonyl (C=O) groups excluding carboxylic acids is 2. The molecule has 0 unspecified atom stereocenters. The SMILES string of the molecule is CC[C@@H](C)NC(=O)[C@@H](Cc1ccccc1)N(Cc1ccc(Cl)c(Cl)c1)C(=O)CN(c1cccc(OC)c1)S(C)(=O)=O. The van der Waals surface area contributed by atoms with Gasteiger partial charge in [0.05, 0.1) is 29.1 Å². The Morgan fingerprint density at radius 1 is 0.951 bits per heavy atom. The van der Waals surface area contributed by atoms with Gasteiger partial charge < -0.3 is 15.0 Å². The Kier molecular flexibility index (Phi) is 11.5. The largest absolute Gasteiger partial charge is 0.497 e. The van der Waals surface area contributed by atoms with E-state index in [4.69, 9.17) is 27.9 Å². The fourth-order valence-corrected chi connectivity index (χ4v) is 5.37. The van der Waals surface area contributed by atoms with Crippen LogP contribution >= 0.6 is 23.2 Å². The number of methoxy groups -OCH3 is 1. The lowest BCUT2D eigenvalue weighted by atomic mass is 10.0. The molecule has 3 aromatic carbocycles. The predicted molar refractivity (Wildman–Crippen MR) is 164 cm³/mol. The van der Waals surface area contributed by atoms with E-state index in [1.807, 2.05) is 44.2 Å². The molecule has 0 radical (unpaired) electrons. The monoisotopic (exact) mass is 619 g/mol. The predicted octanol–water partition coefficient (Wildman–Crippen LogP) is 5.32. The summed E-state index contributed by atoms with van der Waals surface area (Å²) in [6.45, 7) is 3.30. The fourth-order valence-electron chi connectivity index (χ4n) is 4.21. The lowest BCUT2D eigenvalue weighted by Gasteiger charge is -2.34. The maximum absolute atomic E-state index is 14.1. The lowest BCUT2D eigenvalue weighted by molar-refractivity contribution is -0.140. The number of hydrogen-bond donors (Lipinski definition) is 1. The number of carbonyl (C=O) groups is 2. The van der Waals surface area contributed by atoms with Gasteiger partial charge in [-0.1, -0.05) is 72.6 Å². The molecule has 0 aliphatic heterocycles. The van der Waals surface area contributed by atoms with Crippen LogP contribution in [0.3, 0.4) is 0 Å². The van der Waals surface area contributed by atoms with Crippen molar-refractivity contribution in [2.75, 3.05) is 24.2 Å². The molecule has 0 spiro atoms. The first-order chi connectivity index (χ1) is 19.4. The number of rotatable bonds is 13. The zero-order valence-corrected chi connectivity index (χ0v) is 25.8. The average molecular weight is 621 g/mol. The van der Waals surface area contributed by atoms with Crippen molar-refractivity contribution in [3.8, 4) is 5.75 Å². The van der Waals surface area contributed by atoms with Gasteiger partial charge in [-0.25, -0.2) is 8.42 Å². The van der Waals surface area contributed by atoms with Crippen LogP contribution < -0.4 is 14.4 Å². The van der Waals surface area contributed by atoms with Gasteiger partial charge in [0, 0.05) is 25.1 Å². The van der Waals surface area contributed by atoms with Gasteiger partial charge in [-0.05, 0) is 48.7 Å². The van der Waals surface area contributed by atoms with E-state index < -0.39 is 28.5 Å². The molecule has 0 aliphatic carbocycles. The molecule has 2 atom stereocenters. The van der Waals surface area contributed by atoms with Gasteiger partial charge in [0.15, 0.2) is 0 Å². The standard InChI is InChI=1S/C30H35Cl2N3O5S/c1-5-21(2)33-30(37)28(17-22-10-7-6-8-11-22)34(19-23-14-15-26(31)27(32)16-23)29(36)20-35(41(4,38)39)24-12-9-13-25(18-24)40-3/h6-16,18,21,28H,5,17,19-20H2,1-4H3,(H,33,37)/t21-,28-/m1/s1. The van der Waals surface area contributed by atoms with E-state index in [0.717, 1.165) is 16.1 Å². The normalized spacial score (nSPS) is 12.7. The highest BCUT2D eigenvalue weighted by Gasteiger charge is 2.33. The van der Waals surface area contributed by atoms with Gasteiger partial charge in [0.2, 0.25) is 21.8 Å². The Balaban J connectivity index is 2.08. The number of sulfonamides is 1. The van der Waals surface area contributed by atoms with Gasteiger partial charge in [0.25, 0.3) is 0 Å². The fraction of sp³-hybridized carbons (Fsp3) is 0.333. The van der Waals surface area contributed by atoms with Crippen molar-refractivity contribution < 1.29 is 22.7 Å². The maximum atomic E-state index is 14.1. The van der Waals surface area contributed by atoms with Crippen LogP contribution in [0.15, 0.2) is 72.8 Å². The summed E-state index contributed by atoms with van der Waals surface area (Å²) in [5.74, 6) is -0.473. The van der Waals surface area contributed by atoms with Crippen LogP contribution in [0.5, 0.6) is 5.75 Å². The Bertz CT molecular complexity index is 1450. The highest BCUT2D eigenvalue weighted by atomic mass is 35.5. The second kappa shape index (κ2) is 14.6. The van der Waals surface area contributed by atoms with Crippen LogP contribution in [0.25, 0.3) is 0 Å². The van der Waals surface area contributed by atoms with Gasteiger partial charge >= 0.3 is 0 Å². The number of halogens is 2. The van der Waals surface area contributed by atoms with Crippen molar-refractivity contribution in [2.45, 2.75) is 45.3 Å². The van der Waals surface area contributed by atoms with Crippen molar-refractivity contribution >= 4 is 50.7 Å². The van der Waals surface area contributed by atoms with Crippen LogP contribution in [0.2, 0.25) is 10.0 Å². The minimum atomic E-state index is -3.89. The van der Waals surface area contributed by atoms with Gasteiger partial charge in [0.1, 0.15) is 18.3 Å². The molecule has 0 bridgehead atoms. The van der Waals surface area contributed by atoms with Gasteiger partial charge in [-0.15, -0.1) is 0 Å². The molecular formula is C30H35Cl2N3O5S. The molecule has 8 nitrogen and oxygen atoms in total. The van der Waals surface area contributed by atoms with E-state index in [9.17, 15) is 18.0 Å². The van der Waals surface area contributed by atoms with Gasteiger partial charge in [-0.2, -0.15) is 0 Å². The molecule has 3 aromatic rings. The minimum absolute atomic E-state index is 0.00311. The first-order valence-electron chi connectivity index (χ1n) is 13.1. The van der Waals surface area contributed by atoms with E-state index >= 15 is 0 Å². The molecule has 41 heavy (non-hydrogen) atoms. The summed E-state index contributed by atoms with van der Waals surface area (Å²) < 4.78 is 32.1. The molecule has 220 valence electrons. The Morgan fingerprint density at radius 3 is 2.27 bits per heavy atom. The molecule has 11 heteroatoms. The smallest absolute Gasteiger partial charge is 0.244 e. The van der Waals surface area contributed by atoms with Crippen LogP contribution in [0.4, 0.5) is 5.69 Å². The van der Waals surface area contributed by atoms with Gasteiger partial charge in [-0.3, -0.25) is 13.9 Å². The second-order valence-corrected chi connectivity index (χ2v) is 12.5. The molecule has 1 N–H and O–H groups in total. The summed E-state index contributed by atoms with van der Waals surface area (Å²) in [5.41, 5.74) is 1.74. The molecule has 0 heterocycles. The minimum Gasteiger partial charge on any atom is -0.497 e. The third kappa shape index (κ3) is 9.11. The summed E-state index contributed by atoms with van der Waals surface area (Å²) in [6.07, 6.45) is 1.94. The van der Waals surface area contributed by atoms with Crippen LogP contribution in [0.1, 0.15) is 31.4 Å². The topological polar surface area (TPSA) is 96.0 Å². The third-order valence-corrected chi connectivity index (χ3v) is 8.51. The molecular weight excluding hydrogens is 585 g/mol. The van der Waals surface area contributed by atoms with E-state index in [1.54, 1.807) is 36.4 Å². The molecule has 2 amide bonds. The lowest BCUT2D eigenvalue weighted by Crippen LogP contribution is -2.54. The summed E-state index contributed by atoms with van der Waals surface area (Å²) in [6, 6.07) is 19.7.